The van der Waals surface area contributed by atoms with Gasteiger partial charge in [0.05, 0.1) is 17.2 Å². The number of hydrogen-bond donors (Lipinski definition) is 1. The highest BCUT2D eigenvalue weighted by Gasteiger charge is 2.16. The van der Waals surface area contributed by atoms with Gasteiger partial charge in [0, 0.05) is 6.42 Å². The number of hydrogen-bond acceptors (Lipinski definition) is 4. The highest BCUT2D eigenvalue weighted by atomic mass is 35.5. The molecule has 2 aromatic heterocycles. The largest absolute Gasteiger partial charge is 0.294 e. The Hall–Kier alpha value is -1.08. The van der Waals surface area contributed by atoms with Gasteiger partial charge in [-0.3, -0.25) is 5.10 Å². The number of nitrogens with one attached hydrogen (secondary N) is 1. The molecular formula is C23H41ClN4O2S. The van der Waals surface area contributed by atoms with E-state index < -0.39 is 9.84 Å². The van der Waals surface area contributed by atoms with E-state index in [9.17, 15) is 8.42 Å². The van der Waals surface area contributed by atoms with Gasteiger partial charge in [-0.25, -0.2) is 12.9 Å². The Morgan fingerprint density at radius 2 is 1.35 bits per heavy atom. The Balaban J connectivity index is 1.64. The number of nitrogens with zero attached hydrogens (tertiary/aromatic N) is 3. The van der Waals surface area contributed by atoms with E-state index in [1.807, 2.05) is 4.52 Å². The molecule has 0 spiro atoms. The molecule has 0 aliphatic rings. The van der Waals surface area contributed by atoms with Gasteiger partial charge in [0.2, 0.25) is 0 Å². The van der Waals surface area contributed by atoms with E-state index in [1.54, 1.807) is 0 Å². The Labute approximate surface area is 193 Å². The summed E-state index contributed by atoms with van der Waals surface area (Å²) in [6.07, 6.45) is 16.3. The average Bonchev–Trinajstić information content (AvgIpc) is 3.28. The van der Waals surface area contributed by atoms with Crippen molar-refractivity contribution in [2.75, 3.05) is 11.5 Å². The van der Waals surface area contributed by atoms with E-state index in [1.165, 1.54) is 44.9 Å². The summed E-state index contributed by atoms with van der Waals surface area (Å²) in [5.41, 5.74) is 1.61. The Morgan fingerprint density at radius 1 is 0.774 bits per heavy atom. The van der Waals surface area contributed by atoms with Crippen LogP contribution in [0.1, 0.15) is 109 Å². The molecule has 0 unspecified atom stereocenters. The monoisotopic (exact) mass is 472 g/mol. The topological polar surface area (TPSA) is 80.1 Å². The fraction of sp³-hybridized carbons (Fsp3) is 0.826. The summed E-state index contributed by atoms with van der Waals surface area (Å²) < 4.78 is 26.5. The van der Waals surface area contributed by atoms with E-state index in [2.05, 4.69) is 29.1 Å². The van der Waals surface area contributed by atoms with E-state index in [0.717, 1.165) is 50.0 Å². The molecule has 0 saturated heterocycles. The number of rotatable bonds is 18. The number of sulfone groups is 1. The summed E-state index contributed by atoms with van der Waals surface area (Å²) in [5.74, 6) is 1.25. The van der Waals surface area contributed by atoms with Crippen LogP contribution in [-0.2, 0) is 22.7 Å². The zero-order valence-electron chi connectivity index (χ0n) is 19.5. The first-order valence-corrected chi connectivity index (χ1v) is 14.5. The Bertz CT molecular complexity index is 860. The van der Waals surface area contributed by atoms with Crippen LogP contribution in [0.5, 0.6) is 0 Å². The molecule has 0 saturated carbocycles. The average molecular weight is 473 g/mol. The zero-order valence-corrected chi connectivity index (χ0v) is 21.0. The fourth-order valence-electron chi connectivity index (χ4n) is 3.94. The van der Waals surface area contributed by atoms with Gasteiger partial charge < -0.3 is 0 Å². The molecule has 0 radical (unpaired) electrons. The lowest BCUT2D eigenvalue weighted by Crippen LogP contribution is -2.12. The minimum atomic E-state index is -3.00. The number of aryl methyl sites for hydroxylation is 2. The lowest BCUT2D eigenvalue weighted by atomic mass is 10.1. The molecule has 0 aromatic carbocycles. The standard InChI is InChI=1S/C23H41ClN4O2S/c1-3-5-7-8-9-10-11-12-13-14-18-31(29,30)19-15-17-21-25-26-23-22(24)20(16-6-4-2)27-28(21)23/h27H,3-19H2,1-2H3. The number of fused-ring (bicyclic) bond motifs is 1. The second-order valence-corrected chi connectivity index (χ2v) is 11.4. The number of unbranched alkanes of at least 4 members (excludes halogenated alkanes) is 10. The first kappa shape index (κ1) is 26.2. The maximum absolute atomic E-state index is 12.4. The first-order valence-electron chi connectivity index (χ1n) is 12.3. The molecular weight excluding hydrogens is 432 g/mol. The summed E-state index contributed by atoms with van der Waals surface area (Å²) in [4.78, 5) is 0. The molecule has 1 N–H and O–H groups in total. The van der Waals surface area contributed by atoms with Gasteiger partial charge in [-0.15, -0.1) is 10.2 Å². The predicted molar refractivity (Wildman–Crippen MR) is 130 cm³/mol. The smallest absolute Gasteiger partial charge is 0.196 e. The third-order valence-corrected chi connectivity index (χ3v) is 8.10. The molecule has 2 rings (SSSR count). The van der Waals surface area contributed by atoms with Gasteiger partial charge in [-0.1, -0.05) is 89.7 Å². The van der Waals surface area contributed by atoms with E-state index in [0.29, 0.717) is 29.3 Å². The van der Waals surface area contributed by atoms with Crippen molar-refractivity contribution in [3.8, 4) is 0 Å². The van der Waals surface area contributed by atoms with E-state index >= 15 is 0 Å². The van der Waals surface area contributed by atoms with Crippen molar-refractivity contribution in [2.45, 2.75) is 110 Å². The molecule has 8 heteroatoms. The normalized spacial score (nSPS) is 12.2. The van der Waals surface area contributed by atoms with Crippen molar-refractivity contribution < 1.29 is 8.42 Å². The van der Waals surface area contributed by atoms with Crippen LogP contribution in [0.2, 0.25) is 5.02 Å². The minimum Gasteiger partial charge on any atom is -0.294 e. The molecule has 6 nitrogen and oxygen atoms in total. The fourth-order valence-corrected chi connectivity index (χ4v) is 5.63. The summed E-state index contributed by atoms with van der Waals surface area (Å²) in [7, 11) is -3.00. The molecule has 0 atom stereocenters. The van der Waals surface area contributed by atoms with Crippen LogP contribution >= 0.6 is 11.6 Å². The van der Waals surface area contributed by atoms with Crippen LogP contribution in [0, 0.1) is 0 Å². The molecule has 0 aliphatic carbocycles. The van der Waals surface area contributed by atoms with Gasteiger partial charge in [-0.2, -0.15) is 0 Å². The predicted octanol–water partition coefficient (Wildman–Crippen LogP) is 6.32. The molecule has 178 valence electrons. The Kier molecular flexibility index (Phi) is 11.9. The molecule has 0 amide bonds. The SMILES string of the molecule is CCCCCCCCCCCCS(=O)(=O)CCCc1nnc2c(Cl)c(CCCC)[nH]n12. The van der Waals surface area contributed by atoms with Crippen molar-refractivity contribution in [3.63, 3.8) is 0 Å². The second kappa shape index (κ2) is 14.1. The van der Waals surface area contributed by atoms with Crippen molar-refractivity contribution in [2.24, 2.45) is 0 Å². The third-order valence-electron chi connectivity index (χ3n) is 5.88. The second-order valence-electron chi connectivity index (χ2n) is 8.72. The lowest BCUT2D eigenvalue weighted by Gasteiger charge is -2.05. The first-order chi connectivity index (χ1) is 15.0. The number of H-pyrrole nitrogens is 1. The Morgan fingerprint density at radius 3 is 2.00 bits per heavy atom. The van der Waals surface area contributed by atoms with Gasteiger partial charge in [0.1, 0.15) is 14.9 Å². The lowest BCUT2D eigenvalue weighted by molar-refractivity contribution is 0.557. The quantitative estimate of drug-likeness (QED) is 0.257. The zero-order chi connectivity index (χ0) is 22.5. The molecule has 2 aromatic rings. The van der Waals surface area contributed by atoms with Gasteiger partial charge in [0.25, 0.3) is 0 Å². The van der Waals surface area contributed by atoms with Gasteiger partial charge in [-0.05, 0) is 25.7 Å². The summed E-state index contributed by atoms with van der Waals surface area (Å²) in [6, 6.07) is 0. The maximum atomic E-state index is 12.4. The van der Waals surface area contributed by atoms with Crippen LogP contribution in [0.15, 0.2) is 0 Å². The molecule has 31 heavy (non-hydrogen) atoms. The van der Waals surface area contributed by atoms with E-state index in [-0.39, 0.29) is 5.75 Å². The van der Waals surface area contributed by atoms with Crippen LogP contribution in [0.25, 0.3) is 5.65 Å². The van der Waals surface area contributed by atoms with Crippen molar-refractivity contribution >= 4 is 27.1 Å². The maximum Gasteiger partial charge on any atom is 0.196 e. The van der Waals surface area contributed by atoms with Crippen LogP contribution in [0.3, 0.4) is 0 Å². The van der Waals surface area contributed by atoms with Crippen molar-refractivity contribution in [3.05, 3.63) is 16.5 Å². The highest BCUT2D eigenvalue weighted by molar-refractivity contribution is 7.91. The van der Waals surface area contributed by atoms with Crippen LogP contribution in [0.4, 0.5) is 0 Å². The molecule has 0 fully saturated rings. The van der Waals surface area contributed by atoms with E-state index in [4.69, 9.17) is 11.6 Å². The summed E-state index contributed by atoms with van der Waals surface area (Å²) >= 11 is 6.39. The molecule has 0 aliphatic heterocycles. The van der Waals surface area contributed by atoms with Crippen molar-refractivity contribution in [1.29, 1.82) is 0 Å². The van der Waals surface area contributed by atoms with Gasteiger partial charge in [0.15, 0.2) is 11.5 Å². The summed E-state index contributed by atoms with van der Waals surface area (Å²) in [5, 5.41) is 12.3. The van der Waals surface area contributed by atoms with Crippen LogP contribution in [-0.4, -0.2) is 39.7 Å². The van der Waals surface area contributed by atoms with Crippen molar-refractivity contribution in [1.82, 2.24) is 19.8 Å². The number of aromatic nitrogens is 4. The van der Waals surface area contributed by atoms with Gasteiger partial charge >= 0.3 is 0 Å². The number of halogens is 1. The summed E-state index contributed by atoms with van der Waals surface area (Å²) in [6.45, 7) is 4.38. The molecule has 2 heterocycles. The highest BCUT2D eigenvalue weighted by Crippen LogP contribution is 2.23. The third kappa shape index (κ3) is 9.13. The van der Waals surface area contributed by atoms with Crippen LogP contribution < -0.4 is 0 Å². The number of aromatic amines is 1. The molecule has 0 bridgehead atoms. The minimum absolute atomic E-state index is 0.205.